The summed E-state index contributed by atoms with van der Waals surface area (Å²) in [6.45, 7) is 7.35. The maximum atomic E-state index is 5.99. The number of benzene rings is 1. The Morgan fingerprint density at radius 3 is 2.78 bits per heavy atom. The van der Waals surface area contributed by atoms with E-state index in [0.717, 1.165) is 41.6 Å². The fourth-order valence-electron chi connectivity index (χ4n) is 3.08. The molecule has 0 spiro atoms. The third-order valence-corrected chi connectivity index (χ3v) is 4.76. The van der Waals surface area contributed by atoms with Crippen LogP contribution in [0.25, 0.3) is 5.82 Å². The fraction of sp³-hybridized carbons (Fsp3) is 0.375. The van der Waals surface area contributed by atoms with Crippen LogP contribution in [0.15, 0.2) is 60.2 Å². The van der Waals surface area contributed by atoms with Crippen molar-refractivity contribution in [3.8, 4) is 11.6 Å². The SMILES string of the molecule is CCNC(=NCc1ccc(-n2ccnc2)nc1)NCc1ccc(C)cc1OCCCOC. The van der Waals surface area contributed by atoms with E-state index in [1.54, 1.807) is 19.6 Å². The highest BCUT2D eigenvalue weighted by Gasteiger charge is 2.06. The van der Waals surface area contributed by atoms with Crippen molar-refractivity contribution in [2.45, 2.75) is 33.4 Å². The number of hydrogen-bond acceptors (Lipinski definition) is 5. The number of nitrogens with zero attached hydrogens (tertiary/aromatic N) is 4. The zero-order valence-corrected chi connectivity index (χ0v) is 19.0. The Hall–Kier alpha value is -3.39. The van der Waals surface area contributed by atoms with Gasteiger partial charge in [-0.25, -0.2) is 15.0 Å². The van der Waals surface area contributed by atoms with Crippen LogP contribution in [0.2, 0.25) is 0 Å². The molecule has 0 aliphatic carbocycles. The molecule has 0 bridgehead atoms. The van der Waals surface area contributed by atoms with Crippen molar-refractivity contribution in [1.29, 1.82) is 0 Å². The first-order valence-electron chi connectivity index (χ1n) is 10.9. The normalized spacial score (nSPS) is 11.4. The molecule has 0 aliphatic rings. The number of imidazole rings is 1. The number of guanidine groups is 1. The molecule has 3 aromatic rings. The Kier molecular flexibility index (Phi) is 9.06. The summed E-state index contributed by atoms with van der Waals surface area (Å²) < 4.78 is 13.0. The van der Waals surface area contributed by atoms with Crippen molar-refractivity contribution in [2.75, 3.05) is 26.9 Å². The highest BCUT2D eigenvalue weighted by atomic mass is 16.5. The lowest BCUT2D eigenvalue weighted by molar-refractivity contribution is 0.171. The summed E-state index contributed by atoms with van der Waals surface area (Å²) in [6.07, 6.45) is 8.03. The van der Waals surface area contributed by atoms with E-state index in [9.17, 15) is 0 Å². The van der Waals surface area contributed by atoms with Crippen molar-refractivity contribution in [1.82, 2.24) is 25.2 Å². The van der Waals surface area contributed by atoms with Crippen molar-refractivity contribution in [3.63, 3.8) is 0 Å². The van der Waals surface area contributed by atoms with Crippen molar-refractivity contribution in [3.05, 3.63) is 71.9 Å². The van der Waals surface area contributed by atoms with Crippen molar-refractivity contribution >= 4 is 5.96 Å². The summed E-state index contributed by atoms with van der Waals surface area (Å²) in [5.41, 5.74) is 3.29. The standard InChI is InChI=1S/C24H32N6O2/c1-4-26-24(28-16-20-7-9-23(27-15-20)30-11-10-25-18-30)29-17-21-8-6-19(2)14-22(21)32-13-5-12-31-3/h6-11,14-15,18H,4-5,12-13,16-17H2,1-3H3,(H2,26,28,29). The van der Waals surface area contributed by atoms with E-state index in [1.807, 2.05) is 29.1 Å². The number of aryl methyl sites for hydroxylation is 1. The summed E-state index contributed by atoms with van der Waals surface area (Å²) in [5, 5.41) is 6.70. The van der Waals surface area contributed by atoms with Gasteiger partial charge in [0.2, 0.25) is 0 Å². The molecule has 32 heavy (non-hydrogen) atoms. The van der Waals surface area contributed by atoms with Crippen molar-refractivity contribution < 1.29 is 9.47 Å². The maximum Gasteiger partial charge on any atom is 0.191 e. The minimum absolute atomic E-state index is 0.529. The van der Waals surface area contributed by atoms with Gasteiger partial charge in [-0.2, -0.15) is 0 Å². The molecule has 8 heteroatoms. The Morgan fingerprint density at radius 2 is 2.06 bits per heavy atom. The van der Waals surface area contributed by atoms with Gasteiger partial charge in [-0.15, -0.1) is 0 Å². The van der Waals surface area contributed by atoms with Crippen molar-refractivity contribution in [2.24, 2.45) is 4.99 Å². The number of aromatic nitrogens is 3. The number of aliphatic imine (C=N–C) groups is 1. The Labute approximate surface area is 189 Å². The number of rotatable bonds is 11. The van der Waals surface area contributed by atoms with Crippen LogP contribution >= 0.6 is 0 Å². The van der Waals surface area contributed by atoms with Crippen LogP contribution in [-0.2, 0) is 17.8 Å². The first-order chi connectivity index (χ1) is 15.7. The molecule has 3 rings (SSSR count). The van der Waals surface area contributed by atoms with Crippen LogP contribution in [0.1, 0.15) is 30.0 Å². The van der Waals surface area contributed by atoms with E-state index in [1.165, 1.54) is 5.56 Å². The maximum absolute atomic E-state index is 5.99. The average Bonchev–Trinajstić information content (AvgIpc) is 3.35. The Morgan fingerprint density at radius 1 is 1.16 bits per heavy atom. The summed E-state index contributed by atoms with van der Waals surface area (Å²) in [7, 11) is 1.70. The second-order valence-corrected chi connectivity index (χ2v) is 7.35. The predicted octanol–water partition coefficient (Wildman–Crippen LogP) is 3.25. The molecule has 0 saturated heterocycles. The minimum Gasteiger partial charge on any atom is -0.493 e. The first-order valence-corrected chi connectivity index (χ1v) is 10.9. The van der Waals surface area contributed by atoms with Gasteiger partial charge < -0.3 is 20.1 Å². The number of nitrogens with one attached hydrogen (secondary N) is 2. The van der Waals surface area contributed by atoms with Gasteiger partial charge in [-0.1, -0.05) is 18.2 Å². The third kappa shape index (κ3) is 7.09. The molecule has 170 valence electrons. The number of ether oxygens (including phenoxy) is 2. The zero-order valence-electron chi connectivity index (χ0n) is 19.0. The smallest absolute Gasteiger partial charge is 0.191 e. The molecule has 0 fully saturated rings. The van der Waals surface area contributed by atoms with Gasteiger partial charge in [0, 0.05) is 57.4 Å². The predicted molar refractivity (Wildman–Crippen MR) is 126 cm³/mol. The van der Waals surface area contributed by atoms with E-state index in [0.29, 0.717) is 26.3 Å². The third-order valence-electron chi connectivity index (χ3n) is 4.76. The molecular weight excluding hydrogens is 404 g/mol. The first kappa shape index (κ1) is 23.3. The number of pyridine rings is 1. The van der Waals surface area contributed by atoms with Crippen LogP contribution < -0.4 is 15.4 Å². The second-order valence-electron chi connectivity index (χ2n) is 7.35. The number of hydrogen-bond donors (Lipinski definition) is 2. The highest BCUT2D eigenvalue weighted by molar-refractivity contribution is 5.79. The van der Waals surface area contributed by atoms with E-state index < -0.39 is 0 Å². The minimum atomic E-state index is 0.529. The second kappa shape index (κ2) is 12.5. The van der Waals surface area contributed by atoms with Gasteiger partial charge >= 0.3 is 0 Å². The molecule has 2 N–H and O–H groups in total. The van der Waals surface area contributed by atoms with Gasteiger partial charge in [0.05, 0.1) is 13.2 Å². The van der Waals surface area contributed by atoms with Gasteiger partial charge in [0.25, 0.3) is 0 Å². The quantitative estimate of drug-likeness (QED) is 0.273. The van der Waals surface area contributed by atoms with Crippen LogP contribution in [0, 0.1) is 6.92 Å². The molecule has 1 aromatic carbocycles. The summed E-state index contributed by atoms with van der Waals surface area (Å²) in [6, 6.07) is 10.3. The molecule has 0 unspecified atom stereocenters. The van der Waals surface area contributed by atoms with Crippen LogP contribution in [-0.4, -0.2) is 47.4 Å². The van der Waals surface area contributed by atoms with Gasteiger partial charge in [-0.05, 0) is 37.1 Å². The van der Waals surface area contributed by atoms with E-state index in [2.05, 4.69) is 52.6 Å². The fourth-order valence-corrected chi connectivity index (χ4v) is 3.08. The average molecular weight is 437 g/mol. The van der Waals surface area contributed by atoms with E-state index in [-0.39, 0.29) is 0 Å². The topological polar surface area (TPSA) is 85.6 Å². The molecule has 8 nitrogen and oxygen atoms in total. The molecule has 0 saturated carbocycles. The summed E-state index contributed by atoms with van der Waals surface area (Å²) in [4.78, 5) is 13.2. The molecule has 0 atom stereocenters. The monoisotopic (exact) mass is 436 g/mol. The Bertz CT molecular complexity index is 971. The summed E-state index contributed by atoms with van der Waals surface area (Å²) in [5.74, 6) is 2.47. The van der Waals surface area contributed by atoms with E-state index in [4.69, 9.17) is 14.5 Å². The molecule has 2 heterocycles. The van der Waals surface area contributed by atoms with E-state index >= 15 is 0 Å². The largest absolute Gasteiger partial charge is 0.493 e. The molecular formula is C24H32N6O2. The van der Waals surface area contributed by atoms with Crippen LogP contribution in [0.5, 0.6) is 5.75 Å². The molecule has 0 amide bonds. The van der Waals surface area contributed by atoms with Crippen LogP contribution in [0.4, 0.5) is 0 Å². The lowest BCUT2D eigenvalue weighted by Crippen LogP contribution is -2.36. The summed E-state index contributed by atoms with van der Waals surface area (Å²) >= 11 is 0. The lowest BCUT2D eigenvalue weighted by atomic mass is 10.1. The lowest BCUT2D eigenvalue weighted by Gasteiger charge is -2.15. The van der Waals surface area contributed by atoms with Crippen LogP contribution in [0.3, 0.4) is 0 Å². The zero-order chi connectivity index (χ0) is 22.6. The van der Waals surface area contributed by atoms with Gasteiger partial charge in [-0.3, -0.25) is 4.57 Å². The van der Waals surface area contributed by atoms with Gasteiger partial charge in [0.1, 0.15) is 17.9 Å². The highest BCUT2D eigenvalue weighted by Crippen LogP contribution is 2.20. The Balaban J connectivity index is 1.61. The number of methoxy groups -OCH3 is 1. The molecule has 0 aliphatic heterocycles. The molecule has 0 radical (unpaired) electrons. The molecule has 2 aromatic heterocycles. The van der Waals surface area contributed by atoms with Gasteiger partial charge in [0.15, 0.2) is 5.96 Å².